The van der Waals surface area contributed by atoms with Gasteiger partial charge in [-0.25, -0.2) is 0 Å². The molecule has 0 radical (unpaired) electrons. The molecule has 0 aliphatic carbocycles. The molecule has 1 aromatic heterocycles. The summed E-state index contributed by atoms with van der Waals surface area (Å²) in [6, 6.07) is 10.5. The molecule has 1 atom stereocenters. The Morgan fingerprint density at radius 3 is 2.52 bits per heavy atom. The van der Waals surface area contributed by atoms with E-state index in [0.29, 0.717) is 12.0 Å². The molecule has 0 fully saturated rings. The molecular weight excluding hydrogens is 282 g/mol. The molecule has 1 heterocycles. The van der Waals surface area contributed by atoms with Gasteiger partial charge in [0.05, 0.1) is 14.2 Å². The average molecular weight is 305 g/mol. The molecule has 4 heteroatoms. The second-order valence-electron chi connectivity index (χ2n) is 5.30. The van der Waals surface area contributed by atoms with Gasteiger partial charge in [-0.2, -0.15) is 0 Å². The van der Waals surface area contributed by atoms with E-state index in [2.05, 4.69) is 36.7 Å². The van der Waals surface area contributed by atoms with Crippen LogP contribution in [0.15, 0.2) is 35.7 Å². The zero-order valence-corrected chi connectivity index (χ0v) is 13.9. The van der Waals surface area contributed by atoms with E-state index in [4.69, 9.17) is 9.47 Å². The third kappa shape index (κ3) is 3.99. The number of hydrogen-bond acceptors (Lipinski definition) is 4. The SMILES string of the molecule is COc1ccc(OC)c(CNC(c2cccs2)C(C)C)c1. The lowest BCUT2D eigenvalue weighted by atomic mass is 10.0. The van der Waals surface area contributed by atoms with Crippen molar-refractivity contribution in [3.05, 3.63) is 46.2 Å². The van der Waals surface area contributed by atoms with Gasteiger partial charge in [0.25, 0.3) is 0 Å². The third-order valence-corrected chi connectivity index (χ3v) is 4.47. The summed E-state index contributed by atoms with van der Waals surface area (Å²) in [5.41, 5.74) is 1.11. The minimum absolute atomic E-state index is 0.348. The van der Waals surface area contributed by atoms with Gasteiger partial charge in [-0.3, -0.25) is 0 Å². The number of rotatable bonds is 7. The Morgan fingerprint density at radius 1 is 1.14 bits per heavy atom. The quantitative estimate of drug-likeness (QED) is 0.829. The summed E-state index contributed by atoms with van der Waals surface area (Å²) in [5, 5.41) is 5.76. The Bertz CT molecular complexity index is 552. The van der Waals surface area contributed by atoms with Crippen LogP contribution in [0.3, 0.4) is 0 Å². The molecule has 3 nitrogen and oxygen atoms in total. The number of methoxy groups -OCH3 is 2. The van der Waals surface area contributed by atoms with Crippen LogP contribution in [0.2, 0.25) is 0 Å². The molecule has 1 aromatic carbocycles. The van der Waals surface area contributed by atoms with Crippen LogP contribution >= 0.6 is 11.3 Å². The van der Waals surface area contributed by atoms with Gasteiger partial charge in [0, 0.05) is 23.0 Å². The number of hydrogen-bond donors (Lipinski definition) is 1. The topological polar surface area (TPSA) is 30.5 Å². The van der Waals surface area contributed by atoms with E-state index in [9.17, 15) is 0 Å². The van der Waals surface area contributed by atoms with Crippen molar-refractivity contribution >= 4 is 11.3 Å². The lowest BCUT2D eigenvalue weighted by Crippen LogP contribution is -2.24. The second-order valence-corrected chi connectivity index (χ2v) is 6.28. The Balaban J connectivity index is 2.13. The molecule has 2 rings (SSSR count). The van der Waals surface area contributed by atoms with Crippen LogP contribution < -0.4 is 14.8 Å². The molecule has 21 heavy (non-hydrogen) atoms. The molecule has 0 bridgehead atoms. The van der Waals surface area contributed by atoms with Gasteiger partial charge in [0.2, 0.25) is 0 Å². The second kappa shape index (κ2) is 7.48. The summed E-state index contributed by atoms with van der Waals surface area (Å²) in [5.74, 6) is 2.27. The van der Waals surface area contributed by atoms with Gasteiger partial charge in [-0.15, -0.1) is 11.3 Å². The third-order valence-electron chi connectivity index (χ3n) is 3.52. The van der Waals surface area contributed by atoms with Crippen molar-refractivity contribution in [1.29, 1.82) is 0 Å². The molecule has 0 saturated heterocycles. The molecule has 0 aliphatic rings. The van der Waals surface area contributed by atoms with Crippen molar-refractivity contribution in [3.63, 3.8) is 0 Å². The average Bonchev–Trinajstić information content (AvgIpc) is 3.01. The molecule has 114 valence electrons. The first-order chi connectivity index (χ1) is 10.2. The molecule has 0 spiro atoms. The molecule has 0 aliphatic heterocycles. The highest BCUT2D eigenvalue weighted by molar-refractivity contribution is 7.10. The lowest BCUT2D eigenvalue weighted by Gasteiger charge is -2.22. The van der Waals surface area contributed by atoms with Gasteiger partial charge in [-0.1, -0.05) is 19.9 Å². The number of nitrogens with one attached hydrogen (secondary N) is 1. The highest BCUT2D eigenvalue weighted by atomic mass is 32.1. The highest BCUT2D eigenvalue weighted by Gasteiger charge is 2.17. The van der Waals surface area contributed by atoms with E-state index in [-0.39, 0.29) is 0 Å². The monoisotopic (exact) mass is 305 g/mol. The van der Waals surface area contributed by atoms with Gasteiger partial charge >= 0.3 is 0 Å². The maximum Gasteiger partial charge on any atom is 0.123 e. The van der Waals surface area contributed by atoms with E-state index in [1.165, 1.54) is 4.88 Å². The maximum absolute atomic E-state index is 5.44. The van der Waals surface area contributed by atoms with Crippen LogP contribution in [0, 0.1) is 5.92 Å². The summed E-state index contributed by atoms with van der Waals surface area (Å²) in [7, 11) is 3.38. The summed E-state index contributed by atoms with van der Waals surface area (Å²) in [6.07, 6.45) is 0. The van der Waals surface area contributed by atoms with Gasteiger partial charge < -0.3 is 14.8 Å². The summed E-state index contributed by atoms with van der Waals surface area (Å²) in [6.45, 7) is 5.22. The van der Waals surface area contributed by atoms with E-state index < -0.39 is 0 Å². The van der Waals surface area contributed by atoms with Gasteiger partial charge in [-0.05, 0) is 35.6 Å². The summed E-state index contributed by atoms with van der Waals surface area (Å²) >= 11 is 1.79. The molecule has 0 saturated carbocycles. The number of thiophene rings is 1. The molecular formula is C17H23NO2S. The Hall–Kier alpha value is -1.52. The Morgan fingerprint density at radius 2 is 1.95 bits per heavy atom. The Labute approximate surface area is 130 Å². The molecule has 2 aromatic rings. The standard InChI is InChI=1S/C17H23NO2S/c1-12(2)17(16-6-5-9-21-16)18-11-13-10-14(19-3)7-8-15(13)20-4/h5-10,12,17-18H,11H2,1-4H3. The predicted octanol–water partition coefficient (Wildman–Crippen LogP) is 4.25. The highest BCUT2D eigenvalue weighted by Crippen LogP contribution is 2.28. The van der Waals surface area contributed by atoms with Crippen molar-refractivity contribution in [2.75, 3.05) is 14.2 Å². The van der Waals surface area contributed by atoms with Crippen molar-refractivity contribution in [1.82, 2.24) is 5.32 Å². The first kappa shape index (κ1) is 15.9. The zero-order valence-electron chi connectivity index (χ0n) is 13.1. The molecule has 0 amide bonds. The fraction of sp³-hybridized carbons (Fsp3) is 0.412. The number of ether oxygens (including phenoxy) is 2. The van der Waals surface area contributed by atoms with Crippen LogP contribution in [0.1, 0.15) is 30.3 Å². The van der Waals surface area contributed by atoms with E-state index in [1.807, 2.05) is 18.2 Å². The van der Waals surface area contributed by atoms with E-state index in [0.717, 1.165) is 23.6 Å². The lowest BCUT2D eigenvalue weighted by molar-refractivity contribution is 0.385. The fourth-order valence-electron chi connectivity index (χ4n) is 2.37. The van der Waals surface area contributed by atoms with Crippen molar-refractivity contribution in [2.24, 2.45) is 5.92 Å². The first-order valence-electron chi connectivity index (χ1n) is 7.13. The molecule has 1 unspecified atom stereocenters. The minimum atomic E-state index is 0.348. The fourth-order valence-corrected chi connectivity index (χ4v) is 3.35. The van der Waals surface area contributed by atoms with Crippen LogP contribution in [-0.2, 0) is 6.54 Å². The van der Waals surface area contributed by atoms with Gasteiger partial charge in [0.15, 0.2) is 0 Å². The first-order valence-corrected chi connectivity index (χ1v) is 8.01. The van der Waals surface area contributed by atoms with Crippen LogP contribution in [-0.4, -0.2) is 14.2 Å². The van der Waals surface area contributed by atoms with Crippen molar-refractivity contribution in [2.45, 2.75) is 26.4 Å². The molecule has 1 N–H and O–H groups in total. The largest absolute Gasteiger partial charge is 0.497 e. The van der Waals surface area contributed by atoms with Crippen molar-refractivity contribution in [3.8, 4) is 11.5 Å². The number of benzene rings is 1. The van der Waals surface area contributed by atoms with Gasteiger partial charge in [0.1, 0.15) is 11.5 Å². The smallest absolute Gasteiger partial charge is 0.123 e. The normalized spacial score (nSPS) is 12.4. The zero-order chi connectivity index (χ0) is 15.2. The maximum atomic E-state index is 5.44. The van der Waals surface area contributed by atoms with Crippen LogP contribution in [0.25, 0.3) is 0 Å². The summed E-state index contributed by atoms with van der Waals surface area (Å²) in [4.78, 5) is 1.37. The summed E-state index contributed by atoms with van der Waals surface area (Å²) < 4.78 is 10.7. The van der Waals surface area contributed by atoms with Crippen LogP contribution in [0.5, 0.6) is 11.5 Å². The Kier molecular flexibility index (Phi) is 5.65. The predicted molar refractivity (Wildman–Crippen MR) is 88.3 cm³/mol. The van der Waals surface area contributed by atoms with E-state index >= 15 is 0 Å². The van der Waals surface area contributed by atoms with Crippen LogP contribution in [0.4, 0.5) is 0 Å². The minimum Gasteiger partial charge on any atom is -0.497 e. The van der Waals surface area contributed by atoms with Crippen molar-refractivity contribution < 1.29 is 9.47 Å². The van der Waals surface area contributed by atoms with E-state index in [1.54, 1.807) is 25.6 Å².